The van der Waals surface area contributed by atoms with Gasteiger partial charge in [0.25, 0.3) is 0 Å². The molecule has 0 aromatic heterocycles. The highest BCUT2D eigenvalue weighted by Gasteiger charge is 2.32. The van der Waals surface area contributed by atoms with Gasteiger partial charge in [0.1, 0.15) is 12.4 Å². The Labute approximate surface area is 124 Å². The van der Waals surface area contributed by atoms with Crippen molar-refractivity contribution < 1.29 is 9.84 Å². The lowest BCUT2D eigenvalue weighted by Crippen LogP contribution is -2.32. The van der Waals surface area contributed by atoms with E-state index < -0.39 is 5.60 Å². The Balaban J connectivity index is 2.09. The standard InChI is InChI=1S/C13H17Br2NO2/c14-10-5-9(7-16)6-11(15)12(10)18-8-13(17)3-1-2-4-13/h5-6,17H,1-4,7-8,16H2. The molecule has 0 unspecified atom stereocenters. The van der Waals surface area contributed by atoms with E-state index in [0.29, 0.717) is 13.2 Å². The predicted octanol–water partition coefficient (Wildman–Crippen LogP) is 3.35. The Hall–Kier alpha value is -0.100. The number of ether oxygens (including phenoxy) is 1. The molecule has 1 aromatic rings. The second-order valence-corrected chi connectivity index (χ2v) is 6.52. The van der Waals surface area contributed by atoms with Gasteiger partial charge in [0.05, 0.1) is 14.5 Å². The minimum absolute atomic E-state index is 0.339. The van der Waals surface area contributed by atoms with Gasteiger partial charge in [0, 0.05) is 6.54 Å². The Morgan fingerprint density at radius 3 is 2.28 bits per heavy atom. The van der Waals surface area contributed by atoms with Crippen molar-refractivity contribution in [3.63, 3.8) is 0 Å². The third-order valence-electron chi connectivity index (χ3n) is 3.31. The second kappa shape index (κ2) is 5.90. The molecule has 5 heteroatoms. The molecule has 0 heterocycles. The average molecular weight is 379 g/mol. The summed E-state index contributed by atoms with van der Waals surface area (Å²) < 4.78 is 7.49. The Morgan fingerprint density at radius 2 is 1.78 bits per heavy atom. The molecule has 1 aliphatic carbocycles. The van der Waals surface area contributed by atoms with Gasteiger partial charge in [-0.1, -0.05) is 12.8 Å². The van der Waals surface area contributed by atoms with Gasteiger partial charge in [-0.25, -0.2) is 0 Å². The smallest absolute Gasteiger partial charge is 0.147 e. The molecule has 0 amide bonds. The van der Waals surface area contributed by atoms with Crippen LogP contribution in [-0.2, 0) is 6.54 Å². The van der Waals surface area contributed by atoms with Gasteiger partial charge in [-0.2, -0.15) is 0 Å². The zero-order chi connectivity index (χ0) is 13.2. The molecule has 0 saturated heterocycles. The summed E-state index contributed by atoms with van der Waals surface area (Å²) in [6, 6.07) is 3.89. The Morgan fingerprint density at radius 1 is 1.22 bits per heavy atom. The van der Waals surface area contributed by atoms with Crippen LogP contribution in [0.4, 0.5) is 0 Å². The van der Waals surface area contributed by atoms with Crippen molar-refractivity contribution in [3.05, 3.63) is 26.6 Å². The lowest BCUT2D eigenvalue weighted by atomic mass is 10.0. The third-order valence-corrected chi connectivity index (χ3v) is 4.49. The summed E-state index contributed by atoms with van der Waals surface area (Å²) in [6.45, 7) is 0.827. The predicted molar refractivity (Wildman–Crippen MR) is 78.6 cm³/mol. The number of nitrogens with two attached hydrogens (primary N) is 1. The minimum atomic E-state index is -0.661. The summed E-state index contributed by atoms with van der Waals surface area (Å²) >= 11 is 6.95. The van der Waals surface area contributed by atoms with E-state index >= 15 is 0 Å². The monoisotopic (exact) mass is 377 g/mol. The molecular weight excluding hydrogens is 362 g/mol. The van der Waals surface area contributed by atoms with Gasteiger partial charge in [-0.3, -0.25) is 0 Å². The van der Waals surface area contributed by atoms with Crippen molar-refractivity contribution in [1.82, 2.24) is 0 Å². The molecule has 2 rings (SSSR count). The SMILES string of the molecule is NCc1cc(Br)c(OCC2(O)CCCC2)c(Br)c1. The van der Waals surface area contributed by atoms with Gasteiger partial charge in [0.2, 0.25) is 0 Å². The van der Waals surface area contributed by atoms with Gasteiger partial charge in [-0.15, -0.1) is 0 Å². The first-order chi connectivity index (χ1) is 8.54. The molecule has 0 radical (unpaired) electrons. The summed E-state index contributed by atoms with van der Waals surface area (Å²) in [6.07, 6.45) is 3.80. The molecule has 1 aromatic carbocycles. The van der Waals surface area contributed by atoms with Crippen molar-refractivity contribution in [1.29, 1.82) is 0 Å². The average Bonchev–Trinajstić information content (AvgIpc) is 2.75. The topological polar surface area (TPSA) is 55.5 Å². The van der Waals surface area contributed by atoms with Crippen molar-refractivity contribution in [2.45, 2.75) is 37.8 Å². The quantitative estimate of drug-likeness (QED) is 0.844. The fourth-order valence-electron chi connectivity index (χ4n) is 2.25. The van der Waals surface area contributed by atoms with Crippen LogP contribution in [0.5, 0.6) is 5.75 Å². The van der Waals surface area contributed by atoms with E-state index in [2.05, 4.69) is 31.9 Å². The molecule has 0 bridgehead atoms. The molecule has 1 fully saturated rings. The highest BCUT2D eigenvalue weighted by molar-refractivity contribution is 9.11. The van der Waals surface area contributed by atoms with Gasteiger partial charge < -0.3 is 15.6 Å². The fraction of sp³-hybridized carbons (Fsp3) is 0.538. The summed E-state index contributed by atoms with van der Waals surface area (Å²) in [4.78, 5) is 0. The first-order valence-electron chi connectivity index (χ1n) is 6.07. The van der Waals surface area contributed by atoms with Crippen LogP contribution in [0.15, 0.2) is 21.1 Å². The van der Waals surface area contributed by atoms with Crippen molar-refractivity contribution in [3.8, 4) is 5.75 Å². The van der Waals surface area contributed by atoms with Crippen LogP contribution >= 0.6 is 31.9 Å². The number of halogens is 2. The zero-order valence-electron chi connectivity index (χ0n) is 10.1. The Kier molecular flexibility index (Phi) is 4.69. The number of rotatable bonds is 4. The van der Waals surface area contributed by atoms with Gasteiger partial charge in [0.15, 0.2) is 0 Å². The van der Waals surface area contributed by atoms with Crippen LogP contribution in [0.1, 0.15) is 31.2 Å². The zero-order valence-corrected chi connectivity index (χ0v) is 13.3. The lowest BCUT2D eigenvalue weighted by molar-refractivity contribution is 0.000949. The van der Waals surface area contributed by atoms with Crippen LogP contribution in [0.25, 0.3) is 0 Å². The van der Waals surface area contributed by atoms with E-state index in [9.17, 15) is 5.11 Å². The summed E-state index contributed by atoms with van der Waals surface area (Å²) in [5.74, 6) is 0.729. The maximum Gasteiger partial charge on any atom is 0.147 e. The molecule has 100 valence electrons. The van der Waals surface area contributed by atoms with E-state index in [0.717, 1.165) is 45.9 Å². The van der Waals surface area contributed by atoms with E-state index in [1.54, 1.807) is 0 Å². The highest BCUT2D eigenvalue weighted by atomic mass is 79.9. The number of hydrogen-bond acceptors (Lipinski definition) is 3. The molecule has 1 aliphatic rings. The molecule has 3 N–H and O–H groups in total. The van der Waals surface area contributed by atoms with E-state index in [1.807, 2.05) is 12.1 Å². The van der Waals surface area contributed by atoms with Crippen LogP contribution < -0.4 is 10.5 Å². The van der Waals surface area contributed by atoms with Crippen LogP contribution in [0.3, 0.4) is 0 Å². The summed E-state index contributed by atoms with van der Waals surface area (Å²) in [5, 5.41) is 10.3. The maximum absolute atomic E-state index is 10.3. The van der Waals surface area contributed by atoms with Crippen molar-refractivity contribution >= 4 is 31.9 Å². The second-order valence-electron chi connectivity index (χ2n) is 4.81. The molecule has 18 heavy (non-hydrogen) atoms. The molecule has 0 atom stereocenters. The summed E-state index contributed by atoms with van der Waals surface area (Å²) in [7, 11) is 0. The molecule has 3 nitrogen and oxygen atoms in total. The fourth-order valence-corrected chi connectivity index (χ4v) is 3.76. The summed E-state index contributed by atoms with van der Waals surface area (Å²) in [5.41, 5.74) is 5.98. The molecular formula is C13H17Br2NO2. The first-order valence-corrected chi connectivity index (χ1v) is 7.66. The third kappa shape index (κ3) is 3.26. The number of hydrogen-bond donors (Lipinski definition) is 2. The van der Waals surface area contributed by atoms with Crippen molar-refractivity contribution in [2.75, 3.05) is 6.61 Å². The molecule has 1 saturated carbocycles. The van der Waals surface area contributed by atoms with E-state index in [-0.39, 0.29) is 0 Å². The molecule has 0 spiro atoms. The largest absolute Gasteiger partial charge is 0.488 e. The number of aliphatic hydroxyl groups is 1. The van der Waals surface area contributed by atoms with Crippen LogP contribution in [0.2, 0.25) is 0 Å². The number of benzene rings is 1. The van der Waals surface area contributed by atoms with Gasteiger partial charge >= 0.3 is 0 Å². The van der Waals surface area contributed by atoms with E-state index in [4.69, 9.17) is 10.5 Å². The van der Waals surface area contributed by atoms with Gasteiger partial charge in [-0.05, 0) is 62.4 Å². The highest BCUT2D eigenvalue weighted by Crippen LogP contribution is 2.37. The van der Waals surface area contributed by atoms with Crippen LogP contribution in [-0.4, -0.2) is 17.3 Å². The lowest BCUT2D eigenvalue weighted by Gasteiger charge is -2.23. The maximum atomic E-state index is 10.3. The normalized spacial score (nSPS) is 18.0. The first kappa shape index (κ1) is 14.3. The Bertz CT molecular complexity index is 408. The van der Waals surface area contributed by atoms with Crippen LogP contribution in [0, 0.1) is 0 Å². The minimum Gasteiger partial charge on any atom is -0.488 e. The molecule has 0 aliphatic heterocycles. The van der Waals surface area contributed by atoms with Crippen molar-refractivity contribution in [2.24, 2.45) is 5.73 Å². The van der Waals surface area contributed by atoms with E-state index in [1.165, 1.54) is 0 Å².